The van der Waals surface area contributed by atoms with Gasteiger partial charge in [0, 0.05) is 65.6 Å². The van der Waals surface area contributed by atoms with Gasteiger partial charge >= 0.3 is 6.18 Å². The number of hydrogen-bond donors (Lipinski definition) is 0. The minimum Gasteiger partial charge on any atom is -0.309 e. The highest BCUT2D eigenvalue weighted by Gasteiger charge is 2.33. The van der Waals surface area contributed by atoms with Crippen LogP contribution in [0.3, 0.4) is 0 Å². The van der Waals surface area contributed by atoms with Crippen LogP contribution in [0.4, 0.5) is 13.2 Å². The van der Waals surface area contributed by atoms with Gasteiger partial charge in [-0.1, -0.05) is 127 Å². The number of nitriles is 1. The van der Waals surface area contributed by atoms with Crippen molar-refractivity contribution in [1.82, 2.24) is 18.3 Å². The number of halogens is 3. The van der Waals surface area contributed by atoms with Crippen molar-refractivity contribution in [2.24, 2.45) is 0 Å². The lowest BCUT2D eigenvalue weighted by molar-refractivity contribution is -0.137. The Morgan fingerprint density at radius 3 is 1.27 bits per heavy atom. The van der Waals surface area contributed by atoms with Crippen LogP contribution in [0.15, 0.2) is 218 Å². The van der Waals surface area contributed by atoms with Crippen molar-refractivity contribution in [2.75, 3.05) is 0 Å². The van der Waals surface area contributed by atoms with Crippen LogP contribution in [0.5, 0.6) is 0 Å². The first kappa shape index (κ1) is 39.8. The van der Waals surface area contributed by atoms with Gasteiger partial charge in [-0.15, -0.1) is 0 Å². The van der Waals surface area contributed by atoms with Gasteiger partial charge in [0.1, 0.15) is 0 Å². The molecule has 0 atom stereocenters. The third kappa shape index (κ3) is 5.60. The molecule has 0 fully saturated rings. The van der Waals surface area contributed by atoms with Gasteiger partial charge in [0.2, 0.25) is 0 Å². The highest BCUT2D eigenvalue weighted by atomic mass is 19.4. The second kappa shape index (κ2) is 14.8. The lowest BCUT2D eigenvalue weighted by atomic mass is 9.97. The first-order chi connectivity index (χ1) is 34.4. The number of benzene rings is 10. The largest absolute Gasteiger partial charge is 0.416 e. The summed E-state index contributed by atoms with van der Waals surface area (Å²) >= 11 is 0. The van der Waals surface area contributed by atoms with Gasteiger partial charge in [0.25, 0.3) is 0 Å². The van der Waals surface area contributed by atoms with Gasteiger partial charge in [0.15, 0.2) is 0 Å². The molecule has 330 valence electrons. The Morgan fingerprint density at radius 1 is 0.343 bits per heavy atom. The highest BCUT2D eigenvalue weighted by molar-refractivity contribution is 6.28. The van der Waals surface area contributed by atoms with E-state index >= 15 is 13.2 Å². The van der Waals surface area contributed by atoms with E-state index in [0.717, 1.165) is 98.6 Å². The smallest absolute Gasteiger partial charge is 0.309 e. The number of alkyl halides is 3. The monoisotopic (exact) mass is 907 g/mol. The third-order valence-electron chi connectivity index (χ3n) is 14.2. The molecule has 4 heterocycles. The zero-order valence-electron chi connectivity index (χ0n) is 37.2. The number of rotatable bonds is 5. The Kier molecular flexibility index (Phi) is 8.44. The van der Waals surface area contributed by atoms with Crippen LogP contribution in [0, 0.1) is 11.3 Å². The number of para-hydroxylation sites is 6. The predicted molar refractivity (Wildman–Crippen MR) is 279 cm³/mol. The Balaban J connectivity index is 1.11. The Hall–Kier alpha value is -9.32. The summed E-state index contributed by atoms with van der Waals surface area (Å²) in [5, 5.41) is 18.8. The molecule has 0 saturated heterocycles. The number of hydrogen-bond acceptors (Lipinski definition) is 1. The van der Waals surface area contributed by atoms with E-state index in [-0.39, 0.29) is 0 Å². The molecule has 0 aliphatic heterocycles. The molecule has 70 heavy (non-hydrogen) atoms. The van der Waals surface area contributed by atoms with Crippen LogP contribution >= 0.6 is 0 Å². The van der Waals surface area contributed by atoms with Gasteiger partial charge in [0.05, 0.1) is 72.7 Å². The van der Waals surface area contributed by atoms with Crippen molar-refractivity contribution < 1.29 is 13.2 Å². The summed E-state index contributed by atoms with van der Waals surface area (Å²) in [7, 11) is 0. The van der Waals surface area contributed by atoms with E-state index in [2.05, 4.69) is 134 Å². The summed E-state index contributed by atoms with van der Waals surface area (Å²) in [6.07, 6.45) is -4.65. The molecule has 0 amide bonds. The quantitative estimate of drug-likeness (QED) is 0.170. The van der Waals surface area contributed by atoms with Gasteiger partial charge in [-0.25, -0.2) is 0 Å². The summed E-state index contributed by atoms with van der Waals surface area (Å²) in [4.78, 5) is 0. The van der Waals surface area contributed by atoms with E-state index in [4.69, 9.17) is 0 Å². The minimum absolute atomic E-state index is 0.367. The van der Waals surface area contributed by atoms with Crippen molar-refractivity contribution in [3.05, 3.63) is 230 Å². The normalized spacial score (nSPS) is 12.2. The van der Waals surface area contributed by atoms with Crippen molar-refractivity contribution in [2.45, 2.75) is 6.18 Å². The summed E-state index contributed by atoms with van der Waals surface area (Å²) < 4.78 is 54.5. The molecular weight excluding hydrogens is 872 g/mol. The van der Waals surface area contributed by atoms with Crippen LogP contribution < -0.4 is 0 Å². The van der Waals surface area contributed by atoms with Crippen molar-refractivity contribution in [1.29, 1.82) is 5.26 Å². The van der Waals surface area contributed by atoms with Gasteiger partial charge in [-0.3, -0.25) is 0 Å². The first-order valence-electron chi connectivity index (χ1n) is 23.2. The average Bonchev–Trinajstić information content (AvgIpc) is 4.13. The van der Waals surface area contributed by atoms with E-state index < -0.39 is 11.7 Å². The molecule has 0 aliphatic rings. The van der Waals surface area contributed by atoms with Crippen LogP contribution in [0.2, 0.25) is 0 Å². The molecule has 14 rings (SSSR count). The molecule has 10 aromatic carbocycles. The molecule has 0 spiro atoms. The molecule has 0 saturated carbocycles. The van der Waals surface area contributed by atoms with Crippen molar-refractivity contribution in [3.63, 3.8) is 0 Å². The maximum Gasteiger partial charge on any atom is 0.416 e. The molecule has 8 heteroatoms. The molecule has 5 nitrogen and oxygen atoms in total. The number of fused-ring (bicyclic) bond motifs is 14. The molecule has 0 bridgehead atoms. The molecule has 0 radical (unpaired) electrons. The zero-order valence-corrected chi connectivity index (χ0v) is 37.2. The second-order valence-corrected chi connectivity index (χ2v) is 17.9. The van der Waals surface area contributed by atoms with Crippen LogP contribution in [-0.2, 0) is 6.18 Å². The Labute approximate surface area is 397 Å². The summed E-state index contributed by atoms with van der Waals surface area (Å²) in [6, 6.07) is 73.9. The number of aromatic nitrogens is 4. The van der Waals surface area contributed by atoms with Crippen LogP contribution in [0.25, 0.3) is 121 Å². The maximum absolute atomic E-state index is 15.2. The molecule has 14 aromatic rings. The topological polar surface area (TPSA) is 43.5 Å². The molecule has 0 unspecified atom stereocenters. The predicted octanol–water partition coefficient (Wildman–Crippen LogP) is 16.6. The van der Waals surface area contributed by atoms with Crippen LogP contribution in [0.1, 0.15) is 11.1 Å². The summed E-state index contributed by atoms with van der Waals surface area (Å²) in [6.45, 7) is 0. The fourth-order valence-corrected chi connectivity index (χ4v) is 11.4. The fraction of sp³-hybridized carbons (Fsp3) is 0.0161. The molecular formula is C62H36F3N5. The first-order valence-corrected chi connectivity index (χ1v) is 23.2. The fourth-order valence-electron chi connectivity index (χ4n) is 11.4. The minimum atomic E-state index is -4.65. The highest BCUT2D eigenvalue weighted by Crippen LogP contribution is 2.47. The van der Waals surface area contributed by atoms with Gasteiger partial charge < -0.3 is 18.3 Å². The SMILES string of the molecule is N#Cc1ccc(-c2cc(C(F)(F)F)ccc2-n2c3ccccc3c3c2ccc2c4ccccc4n(-c4ccccc4)c23)c(-n2c3ccccc3c3c2ccc2c4ccccc4n(-c4ccccc4)c23)c1. The van der Waals surface area contributed by atoms with E-state index in [1.54, 1.807) is 12.1 Å². The summed E-state index contributed by atoms with van der Waals surface area (Å²) in [5.74, 6) is 0. The maximum atomic E-state index is 15.2. The van der Waals surface area contributed by atoms with E-state index in [9.17, 15) is 5.26 Å². The number of nitrogens with zero attached hydrogens (tertiary/aromatic N) is 5. The standard InChI is InChI=1S/C62H36F3N5/c63-62(64,65)39-28-32-54(69-52-25-13-9-21-47(52)58-55(69)33-30-45-42-19-7-11-23-50(42)67(60(45)58)40-15-3-1-4-16-40)49(36-39)44-29-27-38(37-66)35-57(44)70-53-26-14-10-22-48(53)59-56(70)34-31-46-43-20-8-12-24-51(43)68(61(46)59)41-17-5-2-6-18-41/h1-36H. The van der Waals surface area contributed by atoms with Crippen molar-refractivity contribution in [3.8, 4) is 39.9 Å². The lowest BCUT2D eigenvalue weighted by Gasteiger charge is -2.20. The van der Waals surface area contributed by atoms with E-state index in [1.807, 2.05) is 84.9 Å². The Morgan fingerprint density at radius 2 is 0.786 bits per heavy atom. The summed E-state index contributed by atoms with van der Waals surface area (Å²) in [5.41, 5.74) is 11.2. The molecule has 4 aromatic heterocycles. The molecule has 0 aliphatic carbocycles. The third-order valence-corrected chi connectivity index (χ3v) is 14.2. The average molecular weight is 908 g/mol. The van der Waals surface area contributed by atoms with Crippen molar-refractivity contribution >= 4 is 87.2 Å². The zero-order chi connectivity index (χ0) is 46.8. The van der Waals surface area contributed by atoms with Crippen LogP contribution in [-0.4, -0.2) is 18.3 Å². The van der Waals surface area contributed by atoms with E-state index in [1.165, 1.54) is 12.1 Å². The molecule has 0 N–H and O–H groups in total. The van der Waals surface area contributed by atoms with Gasteiger partial charge in [-0.05, 0) is 91.0 Å². The lowest BCUT2D eigenvalue weighted by Crippen LogP contribution is -2.08. The Bertz CT molecular complexity index is 4520. The van der Waals surface area contributed by atoms with Gasteiger partial charge in [-0.2, -0.15) is 18.4 Å². The van der Waals surface area contributed by atoms with E-state index in [0.29, 0.717) is 28.1 Å². The second-order valence-electron chi connectivity index (χ2n) is 17.9.